The van der Waals surface area contributed by atoms with E-state index in [-0.39, 0.29) is 6.01 Å². The maximum absolute atomic E-state index is 4.75. The first-order valence-electron chi connectivity index (χ1n) is 3.61. The second kappa shape index (κ2) is 3.14. The van der Waals surface area contributed by atoms with Gasteiger partial charge < -0.3 is 4.52 Å². The van der Waals surface area contributed by atoms with Gasteiger partial charge in [-0.1, -0.05) is 5.16 Å². The van der Waals surface area contributed by atoms with Gasteiger partial charge in [0.15, 0.2) is 0 Å². The van der Waals surface area contributed by atoms with E-state index < -0.39 is 0 Å². The first kappa shape index (κ1) is 7.60. The van der Waals surface area contributed by atoms with Crippen molar-refractivity contribution in [3.8, 4) is 11.4 Å². The molecule has 0 unspecified atom stereocenters. The SMILES string of the molecule is C=Nc1nc(-c2cccnc2)no1. The molecule has 0 aliphatic carbocycles. The Morgan fingerprint density at radius 3 is 3.00 bits per heavy atom. The van der Waals surface area contributed by atoms with E-state index in [1.54, 1.807) is 18.5 Å². The molecule has 2 rings (SSSR count). The molecule has 0 bridgehead atoms. The van der Waals surface area contributed by atoms with Crippen LogP contribution in [0.1, 0.15) is 0 Å². The first-order valence-corrected chi connectivity index (χ1v) is 3.61. The van der Waals surface area contributed by atoms with Crippen LogP contribution in [0.4, 0.5) is 6.01 Å². The van der Waals surface area contributed by atoms with Crippen molar-refractivity contribution in [1.29, 1.82) is 0 Å². The lowest BCUT2D eigenvalue weighted by Crippen LogP contribution is -1.80. The molecule has 5 heteroatoms. The van der Waals surface area contributed by atoms with E-state index in [4.69, 9.17) is 4.52 Å². The van der Waals surface area contributed by atoms with Gasteiger partial charge in [-0.25, -0.2) is 4.99 Å². The molecule has 0 saturated carbocycles. The number of rotatable bonds is 2. The Bertz CT molecular complexity index is 409. The van der Waals surface area contributed by atoms with Crippen molar-refractivity contribution in [3.63, 3.8) is 0 Å². The summed E-state index contributed by atoms with van der Waals surface area (Å²) >= 11 is 0. The number of nitrogens with zero attached hydrogens (tertiary/aromatic N) is 4. The molecule has 0 N–H and O–H groups in total. The molecule has 0 atom stereocenters. The molecule has 0 spiro atoms. The van der Waals surface area contributed by atoms with Gasteiger partial charge in [0.2, 0.25) is 5.82 Å². The van der Waals surface area contributed by atoms with Crippen LogP contribution < -0.4 is 0 Å². The topological polar surface area (TPSA) is 64.2 Å². The Labute approximate surface area is 74.2 Å². The minimum atomic E-state index is 0.166. The van der Waals surface area contributed by atoms with Crippen molar-refractivity contribution in [2.75, 3.05) is 0 Å². The largest absolute Gasteiger partial charge is 0.347 e. The number of hydrogen-bond acceptors (Lipinski definition) is 5. The molecule has 0 aliphatic heterocycles. The maximum Gasteiger partial charge on any atom is 0.347 e. The monoisotopic (exact) mass is 174 g/mol. The summed E-state index contributed by atoms with van der Waals surface area (Å²) in [6.07, 6.45) is 3.33. The van der Waals surface area contributed by atoms with E-state index in [0.717, 1.165) is 5.56 Å². The summed E-state index contributed by atoms with van der Waals surface area (Å²) in [6, 6.07) is 3.80. The van der Waals surface area contributed by atoms with E-state index in [1.807, 2.05) is 6.07 Å². The Kier molecular flexibility index (Phi) is 1.84. The lowest BCUT2D eigenvalue weighted by atomic mass is 10.3. The number of hydrogen-bond donors (Lipinski definition) is 0. The Hall–Kier alpha value is -2.04. The van der Waals surface area contributed by atoms with E-state index in [2.05, 4.69) is 26.8 Å². The zero-order chi connectivity index (χ0) is 9.10. The van der Waals surface area contributed by atoms with Gasteiger partial charge in [0.05, 0.1) is 0 Å². The summed E-state index contributed by atoms with van der Waals surface area (Å²) in [5, 5.41) is 3.70. The number of aliphatic imine (C=N–C) groups is 1. The molecule has 0 amide bonds. The Morgan fingerprint density at radius 1 is 1.46 bits per heavy atom. The smallest absolute Gasteiger partial charge is 0.313 e. The van der Waals surface area contributed by atoms with Crippen LogP contribution in [0.2, 0.25) is 0 Å². The standard InChI is InChI=1S/C8H6N4O/c1-9-8-11-7(12-13-8)6-3-2-4-10-5-6/h2-5H,1H2. The molecule has 0 saturated heterocycles. The summed E-state index contributed by atoms with van der Waals surface area (Å²) in [5.74, 6) is 0.468. The molecule has 0 aromatic carbocycles. The second-order valence-electron chi connectivity index (χ2n) is 2.30. The molecule has 2 aromatic heterocycles. The lowest BCUT2D eigenvalue weighted by Gasteiger charge is -1.88. The summed E-state index contributed by atoms with van der Waals surface area (Å²) in [6.45, 7) is 3.28. The first-order chi connectivity index (χ1) is 6.40. The fourth-order valence-electron chi connectivity index (χ4n) is 0.892. The average molecular weight is 174 g/mol. The van der Waals surface area contributed by atoms with Crippen LogP contribution in [0.25, 0.3) is 11.4 Å². The Morgan fingerprint density at radius 2 is 2.38 bits per heavy atom. The average Bonchev–Trinajstić information content (AvgIpc) is 2.67. The second-order valence-corrected chi connectivity index (χ2v) is 2.30. The normalized spacial score (nSPS) is 9.85. The van der Waals surface area contributed by atoms with Crippen LogP contribution in [0.3, 0.4) is 0 Å². The van der Waals surface area contributed by atoms with Crippen LogP contribution >= 0.6 is 0 Å². The highest BCUT2D eigenvalue weighted by Crippen LogP contribution is 2.16. The van der Waals surface area contributed by atoms with E-state index in [1.165, 1.54) is 0 Å². The highest BCUT2D eigenvalue weighted by molar-refractivity contribution is 5.53. The minimum absolute atomic E-state index is 0.166. The van der Waals surface area contributed by atoms with Crippen molar-refractivity contribution in [1.82, 2.24) is 15.1 Å². The third-order valence-corrected chi connectivity index (χ3v) is 1.47. The predicted molar refractivity (Wildman–Crippen MR) is 46.7 cm³/mol. The van der Waals surface area contributed by atoms with Crippen molar-refractivity contribution in [3.05, 3.63) is 24.5 Å². The van der Waals surface area contributed by atoms with E-state index in [0.29, 0.717) is 5.82 Å². The molecule has 0 aliphatic rings. The van der Waals surface area contributed by atoms with Crippen molar-refractivity contribution in [2.45, 2.75) is 0 Å². The molecule has 5 nitrogen and oxygen atoms in total. The van der Waals surface area contributed by atoms with Gasteiger partial charge in [0.1, 0.15) is 0 Å². The van der Waals surface area contributed by atoms with Gasteiger partial charge in [-0.05, 0) is 18.9 Å². The summed E-state index contributed by atoms with van der Waals surface area (Å²) in [5.41, 5.74) is 0.793. The molecule has 2 aromatic rings. The third kappa shape index (κ3) is 1.44. The highest BCUT2D eigenvalue weighted by atomic mass is 16.5. The number of aromatic nitrogens is 3. The maximum atomic E-state index is 4.75. The van der Waals surface area contributed by atoms with Gasteiger partial charge in [-0.3, -0.25) is 4.98 Å². The molecule has 64 valence electrons. The summed E-state index contributed by atoms with van der Waals surface area (Å²) in [4.78, 5) is 11.4. The fraction of sp³-hybridized carbons (Fsp3) is 0. The van der Waals surface area contributed by atoms with E-state index in [9.17, 15) is 0 Å². The molecular formula is C8H6N4O. The van der Waals surface area contributed by atoms with Gasteiger partial charge in [0.25, 0.3) is 0 Å². The molecule has 0 fully saturated rings. The van der Waals surface area contributed by atoms with Crippen molar-refractivity contribution >= 4 is 12.7 Å². The molecule has 0 radical (unpaired) electrons. The summed E-state index contributed by atoms with van der Waals surface area (Å²) < 4.78 is 4.75. The van der Waals surface area contributed by atoms with Gasteiger partial charge >= 0.3 is 6.01 Å². The van der Waals surface area contributed by atoms with Crippen molar-refractivity contribution < 1.29 is 4.52 Å². The number of pyridine rings is 1. The van der Waals surface area contributed by atoms with Gasteiger partial charge in [0, 0.05) is 18.0 Å². The lowest BCUT2D eigenvalue weighted by molar-refractivity contribution is 0.430. The zero-order valence-corrected chi connectivity index (χ0v) is 6.71. The predicted octanol–water partition coefficient (Wildman–Crippen LogP) is 1.46. The quantitative estimate of drug-likeness (QED) is 0.646. The van der Waals surface area contributed by atoms with Crippen LogP contribution in [0, 0.1) is 0 Å². The van der Waals surface area contributed by atoms with Crippen molar-refractivity contribution in [2.24, 2.45) is 4.99 Å². The Balaban J connectivity index is 2.41. The molecule has 2 heterocycles. The third-order valence-electron chi connectivity index (χ3n) is 1.47. The molecular weight excluding hydrogens is 168 g/mol. The van der Waals surface area contributed by atoms with Crippen LogP contribution in [0.15, 0.2) is 34.0 Å². The van der Waals surface area contributed by atoms with Gasteiger partial charge in [-0.2, -0.15) is 4.98 Å². The molecule has 13 heavy (non-hydrogen) atoms. The fourth-order valence-corrected chi connectivity index (χ4v) is 0.892. The minimum Gasteiger partial charge on any atom is -0.313 e. The zero-order valence-electron chi connectivity index (χ0n) is 6.71. The van der Waals surface area contributed by atoms with Crippen LogP contribution in [-0.4, -0.2) is 21.8 Å². The summed E-state index contributed by atoms with van der Waals surface area (Å²) in [7, 11) is 0. The van der Waals surface area contributed by atoms with Crippen LogP contribution in [-0.2, 0) is 0 Å². The van der Waals surface area contributed by atoms with Gasteiger partial charge in [-0.15, -0.1) is 0 Å². The highest BCUT2D eigenvalue weighted by Gasteiger charge is 2.05. The van der Waals surface area contributed by atoms with Crippen LogP contribution in [0.5, 0.6) is 0 Å². The van der Waals surface area contributed by atoms with E-state index >= 15 is 0 Å².